The van der Waals surface area contributed by atoms with E-state index in [1.807, 2.05) is 6.07 Å². The van der Waals surface area contributed by atoms with Crippen molar-refractivity contribution in [2.24, 2.45) is 0 Å². The van der Waals surface area contributed by atoms with Gasteiger partial charge in [-0.25, -0.2) is 4.85 Å². The van der Waals surface area contributed by atoms with Gasteiger partial charge in [0.2, 0.25) is 0 Å². The number of hydrogen-bond donors (Lipinski definition) is 0. The molecule has 13 heteroatoms. The molecular formula is C41H19F9N4. The molecule has 54 heavy (non-hydrogen) atoms. The molecule has 0 aliphatic carbocycles. The normalized spacial score (nSPS) is 12.5. The summed E-state index contributed by atoms with van der Waals surface area (Å²) in [6.07, 6.45) is -14.4. The van der Waals surface area contributed by atoms with Crippen LogP contribution in [0, 0.1) is 17.9 Å². The van der Waals surface area contributed by atoms with Crippen LogP contribution in [0.2, 0.25) is 0 Å². The quantitative estimate of drug-likeness (QED) is 0.131. The monoisotopic (exact) mass is 738 g/mol. The van der Waals surface area contributed by atoms with E-state index in [0.29, 0.717) is 38.6 Å². The van der Waals surface area contributed by atoms with Gasteiger partial charge in [-0.15, -0.1) is 0 Å². The van der Waals surface area contributed by atoms with Gasteiger partial charge in [-0.2, -0.15) is 44.8 Å². The molecule has 0 radical (unpaired) electrons. The van der Waals surface area contributed by atoms with E-state index in [0.717, 1.165) is 36.4 Å². The largest absolute Gasteiger partial charge is 0.416 e. The summed E-state index contributed by atoms with van der Waals surface area (Å²) in [6.45, 7) is 7.96. The molecule has 0 atom stereocenters. The number of nitrogens with zero attached hydrogens (tertiary/aromatic N) is 4. The highest BCUT2D eigenvalue weighted by molar-refractivity contribution is 6.12. The second-order valence-electron chi connectivity index (χ2n) is 12.5. The predicted molar refractivity (Wildman–Crippen MR) is 187 cm³/mol. The van der Waals surface area contributed by atoms with Gasteiger partial charge in [-0.05, 0) is 60.2 Å². The molecule has 6 aromatic carbocycles. The summed E-state index contributed by atoms with van der Waals surface area (Å²) < 4.78 is 130. The number of alkyl halides is 9. The van der Waals surface area contributed by atoms with Crippen molar-refractivity contribution in [3.8, 4) is 28.6 Å². The van der Waals surface area contributed by atoms with Gasteiger partial charge in [0.25, 0.3) is 0 Å². The van der Waals surface area contributed by atoms with Gasteiger partial charge in [0, 0.05) is 32.7 Å². The number of hydrogen-bond acceptors (Lipinski definition) is 1. The summed E-state index contributed by atoms with van der Waals surface area (Å²) in [5, 5.41) is 12.1. The fourth-order valence-corrected chi connectivity index (χ4v) is 7.13. The van der Waals surface area contributed by atoms with E-state index in [2.05, 4.69) is 4.85 Å². The summed E-state index contributed by atoms with van der Waals surface area (Å²) >= 11 is 0. The number of aromatic nitrogens is 2. The van der Waals surface area contributed by atoms with E-state index in [1.54, 1.807) is 48.5 Å². The third kappa shape index (κ3) is 5.39. The molecule has 0 aliphatic rings. The summed E-state index contributed by atoms with van der Waals surface area (Å²) in [4.78, 5) is 3.42. The highest BCUT2D eigenvalue weighted by Crippen LogP contribution is 2.47. The molecule has 8 rings (SSSR count). The van der Waals surface area contributed by atoms with Crippen LogP contribution in [0.15, 0.2) is 115 Å². The molecule has 0 amide bonds. The lowest BCUT2D eigenvalue weighted by Crippen LogP contribution is -2.08. The van der Waals surface area contributed by atoms with Crippen molar-refractivity contribution in [3.05, 3.63) is 149 Å². The second-order valence-corrected chi connectivity index (χ2v) is 12.5. The maximum Gasteiger partial charge on any atom is 0.416 e. The Morgan fingerprint density at radius 2 is 0.907 bits per heavy atom. The van der Waals surface area contributed by atoms with Gasteiger partial charge >= 0.3 is 18.5 Å². The second kappa shape index (κ2) is 11.9. The van der Waals surface area contributed by atoms with Crippen LogP contribution in [0.5, 0.6) is 0 Å². The molecule has 0 unspecified atom stereocenters. The Morgan fingerprint density at radius 3 is 1.33 bits per heavy atom. The molecule has 0 aliphatic heterocycles. The van der Waals surface area contributed by atoms with Gasteiger partial charge in [0.05, 0.1) is 62.8 Å². The van der Waals surface area contributed by atoms with E-state index in [9.17, 15) is 44.8 Å². The molecule has 8 aromatic rings. The zero-order chi connectivity index (χ0) is 38.3. The zero-order valence-electron chi connectivity index (χ0n) is 27.2. The standard InChI is InChI=1S/C41H19F9N4/c1-52-31-18-23(39(42,43)44)12-15-30(31)38-36(53-32-8-4-2-6-26(32)28-13-10-24(19-34(28)53)40(45,46)47)16-22(21-51)17-37(38)54-33-9-5-3-7-27(33)29-14-11-25(20-35(29)54)41(48,49)50/h2-20H. The van der Waals surface area contributed by atoms with Gasteiger partial charge in [0.1, 0.15) is 0 Å². The lowest BCUT2D eigenvalue weighted by molar-refractivity contribution is -0.138. The summed E-state index contributed by atoms with van der Waals surface area (Å²) in [6, 6.07) is 26.6. The highest BCUT2D eigenvalue weighted by atomic mass is 19.4. The maximum absolute atomic E-state index is 14.2. The van der Waals surface area contributed by atoms with E-state index in [4.69, 9.17) is 6.57 Å². The molecule has 0 saturated heterocycles. The van der Waals surface area contributed by atoms with Crippen molar-refractivity contribution in [3.63, 3.8) is 0 Å². The van der Waals surface area contributed by atoms with Crippen LogP contribution in [-0.4, -0.2) is 9.13 Å². The van der Waals surface area contributed by atoms with Crippen LogP contribution in [0.25, 0.3) is 71.0 Å². The molecule has 0 spiro atoms. The van der Waals surface area contributed by atoms with Crippen LogP contribution >= 0.6 is 0 Å². The van der Waals surface area contributed by atoms with Gasteiger partial charge in [-0.1, -0.05) is 60.7 Å². The number of para-hydroxylation sites is 2. The zero-order valence-corrected chi connectivity index (χ0v) is 27.2. The third-order valence-corrected chi connectivity index (χ3v) is 9.42. The van der Waals surface area contributed by atoms with E-state index in [-0.39, 0.29) is 39.1 Å². The van der Waals surface area contributed by atoms with Crippen molar-refractivity contribution >= 4 is 49.3 Å². The van der Waals surface area contributed by atoms with Crippen LogP contribution in [0.3, 0.4) is 0 Å². The Balaban J connectivity index is 1.62. The number of rotatable bonds is 3. The molecule has 2 aromatic heterocycles. The fraction of sp³-hybridized carbons (Fsp3) is 0.0732. The molecule has 0 fully saturated rings. The van der Waals surface area contributed by atoms with Crippen LogP contribution in [0.1, 0.15) is 22.3 Å². The number of benzene rings is 6. The molecule has 0 bridgehead atoms. The smallest absolute Gasteiger partial charge is 0.309 e. The molecule has 4 nitrogen and oxygen atoms in total. The van der Waals surface area contributed by atoms with Crippen molar-refractivity contribution in [1.82, 2.24) is 9.13 Å². The SMILES string of the molecule is [C-]#[N+]c1cc(C(F)(F)F)ccc1-c1c(-n2c3ccccc3c3ccc(C(F)(F)F)cc32)cc(C#N)cc1-n1c2ccccc2c2ccc(C(F)(F)F)cc21. The number of nitriles is 1. The van der Waals surface area contributed by atoms with Gasteiger partial charge in [0.15, 0.2) is 5.69 Å². The van der Waals surface area contributed by atoms with E-state index >= 15 is 0 Å². The first-order chi connectivity index (χ1) is 25.6. The van der Waals surface area contributed by atoms with Crippen molar-refractivity contribution in [1.29, 1.82) is 5.26 Å². The fourth-order valence-electron chi connectivity index (χ4n) is 7.13. The molecule has 2 heterocycles. The average molecular weight is 739 g/mol. The third-order valence-electron chi connectivity index (χ3n) is 9.42. The number of halogens is 9. The molecular weight excluding hydrogens is 719 g/mol. The minimum atomic E-state index is -4.85. The van der Waals surface area contributed by atoms with Crippen LogP contribution in [0.4, 0.5) is 45.2 Å². The molecule has 266 valence electrons. The Morgan fingerprint density at radius 1 is 0.500 bits per heavy atom. The van der Waals surface area contributed by atoms with Crippen molar-refractivity contribution < 1.29 is 39.5 Å². The number of fused-ring (bicyclic) bond motifs is 6. The summed E-state index contributed by atoms with van der Waals surface area (Å²) in [5.74, 6) is 0. The highest BCUT2D eigenvalue weighted by Gasteiger charge is 2.35. The van der Waals surface area contributed by atoms with Gasteiger partial charge < -0.3 is 9.13 Å². The Bertz CT molecular complexity index is 2780. The Kier molecular flexibility index (Phi) is 7.57. The maximum atomic E-state index is 14.2. The minimum Gasteiger partial charge on any atom is -0.309 e. The lowest BCUT2D eigenvalue weighted by Gasteiger charge is -2.22. The van der Waals surface area contributed by atoms with Crippen molar-refractivity contribution in [2.45, 2.75) is 18.5 Å². The molecule has 0 N–H and O–H groups in total. The Labute approximate surface area is 298 Å². The summed E-state index contributed by atoms with van der Waals surface area (Å²) in [5.41, 5.74) is -3.11. The van der Waals surface area contributed by atoms with Gasteiger partial charge in [-0.3, -0.25) is 0 Å². The lowest BCUT2D eigenvalue weighted by atomic mass is 9.95. The van der Waals surface area contributed by atoms with E-state index < -0.39 is 40.9 Å². The van der Waals surface area contributed by atoms with Crippen molar-refractivity contribution in [2.75, 3.05) is 0 Å². The minimum absolute atomic E-state index is 0.00265. The first-order valence-electron chi connectivity index (χ1n) is 16.0. The predicted octanol–water partition coefficient (Wildman–Crippen LogP) is 13.0. The average Bonchev–Trinajstić information content (AvgIpc) is 3.65. The Hall–Kier alpha value is -6.73. The van der Waals surface area contributed by atoms with Crippen LogP contribution < -0.4 is 0 Å². The van der Waals surface area contributed by atoms with E-state index in [1.165, 1.54) is 33.4 Å². The summed E-state index contributed by atoms with van der Waals surface area (Å²) in [7, 11) is 0. The molecule has 0 saturated carbocycles. The first kappa shape index (κ1) is 34.4. The van der Waals surface area contributed by atoms with Crippen LogP contribution in [-0.2, 0) is 18.5 Å². The topological polar surface area (TPSA) is 38.0 Å². The first-order valence-corrected chi connectivity index (χ1v) is 16.0.